The van der Waals surface area contributed by atoms with Gasteiger partial charge in [0.05, 0.1) is 7.11 Å². The van der Waals surface area contributed by atoms with E-state index in [2.05, 4.69) is 58.4 Å². The van der Waals surface area contributed by atoms with Gasteiger partial charge in [0, 0.05) is 6.92 Å². The van der Waals surface area contributed by atoms with Crippen molar-refractivity contribution in [3.63, 3.8) is 0 Å². The lowest BCUT2D eigenvalue weighted by Gasteiger charge is -2.20. The number of hydrogen-bond acceptors (Lipinski definition) is 3. The molecule has 3 nitrogen and oxygen atoms in total. The second-order valence-corrected chi connectivity index (χ2v) is 12.7. The van der Waals surface area contributed by atoms with Gasteiger partial charge in [0.2, 0.25) is 6.36 Å². The molecule has 7 heteroatoms. The van der Waals surface area contributed by atoms with Crippen molar-refractivity contribution < 1.29 is 31.8 Å². The average molecular weight is 579 g/mol. The molecule has 0 spiro atoms. The highest BCUT2D eigenvalue weighted by Gasteiger charge is 2.31. The van der Waals surface area contributed by atoms with Crippen LogP contribution in [0.25, 0.3) is 0 Å². The fraction of sp³-hybridized carbons (Fsp3) is 0.471. The van der Waals surface area contributed by atoms with Gasteiger partial charge >= 0.3 is 6.36 Å². The van der Waals surface area contributed by atoms with Crippen molar-refractivity contribution in [3.8, 4) is 17.2 Å². The Bertz CT molecular complexity index is 1200. The first-order chi connectivity index (χ1) is 18.6. The minimum absolute atomic E-state index is 0.0684. The number of hydrogen-bond donors (Lipinski definition) is 0. The van der Waals surface area contributed by atoms with Gasteiger partial charge in [-0.05, 0) is 69.3 Å². The summed E-state index contributed by atoms with van der Waals surface area (Å²) < 4.78 is 62.4. The van der Waals surface area contributed by atoms with Gasteiger partial charge in [0.25, 0.3) is 0 Å². The average Bonchev–Trinajstić information content (AvgIpc) is 2.82. The molecule has 1 atom stereocenters. The third kappa shape index (κ3) is 14.3. The smallest absolute Gasteiger partial charge is 0.497 e. The number of alkyl halides is 4. The Morgan fingerprint density at radius 1 is 0.561 bits per heavy atom. The quantitative estimate of drug-likeness (QED) is 0.288. The standard InChI is InChI=1S/C12H17FO.C11H13F3O.C11H16O/c1-9(13)14-11-7-5-6-10(8-11)12(2,3)4;1-10(2,3)8-5-4-6-9(7-8)15-11(12,13)14;1-11(2,3)9-6-5-7-10(8-9)12-4/h5-9H,1-4H3;4-7H,1-3H3;5-8H,1-4H3. The first-order valence-corrected chi connectivity index (χ1v) is 13.5. The van der Waals surface area contributed by atoms with Crippen LogP contribution < -0.4 is 14.2 Å². The molecule has 0 aromatic heterocycles. The molecule has 0 fully saturated rings. The topological polar surface area (TPSA) is 27.7 Å². The third-order valence-electron chi connectivity index (χ3n) is 5.87. The lowest BCUT2D eigenvalue weighted by molar-refractivity contribution is -0.274. The summed E-state index contributed by atoms with van der Waals surface area (Å²) >= 11 is 0. The minimum atomic E-state index is -4.63. The third-order valence-corrected chi connectivity index (χ3v) is 5.87. The summed E-state index contributed by atoms with van der Waals surface area (Å²) in [6.07, 6.45) is -5.89. The Hall–Kier alpha value is -3.22. The molecule has 228 valence electrons. The number of benzene rings is 3. The number of halogens is 4. The molecule has 0 radical (unpaired) electrons. The minimum Gasteiger partial charge on any atom is -0.497 e. The van der Waals surface area contributed by atoms with Crippen molar-refractivity contribution in [2.24, 2.45) is 0 Å². The van der Waals surface area contributed by atoms with Crippen LogP contribution in [0.15, 0.2) is 72.8 Å². The van der Waals surface area contributed by atoms with Crippen LogP contribution in [-0.4, -0.2) is 19.8 Å². The van der Waals surface area contributed by atoms with E-state index < -0.39 is 12.7 Å². The Morgan fingerprint density at radius 3 is 1.24 bits per heavy atom. The van der Waals surface area contributed by atoms with Gasteiger partial charge in [-0.25, -0.2) is 4.39 Å². The van der Waals surface area contributed by atoms with Crippen molar-refractivity contribution in [1.82, 2.24) is 0 Å². The van der Waals surface area contributed by atoms with Gasteiger partial charge < -0.3 is 14.2 Å². The predicted octanol–water partition coefficient (Wildman–Crippen LogP) is 10.6. The fourth-order valence-corrected chi connectivity index (χ4v) is 3.47. The molecule has 0 N–H and O–H groups in total. The molecule has 3 rings (SSSR count). The molecule has 0 aliphatic carbocycles. The number of rotatable bonds is 4. The van der Waals surface area contributed by atoms with E-state index in [-0.39, 0.29) is 22.0 Å². The maximum absolute atomic E-state index is 12.6. The number of ether oxygens (including phenoxy) is 3. The maximum atomic E-state index is 12.6. The summed E-state index contributed by atoms with van der Waals surface area (Å²) in [6.45, 7) is 20.1. The lowest BCUT2D eigenvalue weighted by atomic mass is 9.87. The molecule has 1 unspecified atom stereocenters. The SMILES string of the molecule is CC(C)(C)c1cccc(OC(F)(F)F)c1.CC(F)Oc1cccc(C(C)(C)C)c1.COc1cccc(C(C)(C)C)c1. The highest BCUT2D eigenvalue weighted by atomic mass is 19.4. The summed E-state index contributed by atoms with van der Waals surface area (Å²) in [6, 6.07) is 21.8. The first kappa shape index (κ1) is 35.8. The van der Waals surface area contributed by atoms with E-state index in [1.807, 2.05) is 51.1 Å². The van der Waals surface area contributed by atoms with Gasteiger partial charge in [-0.1, -0.05) is 98.7 Å². The molecule has 3 aromatic carbocycles. The van der Waals surface area contributed by atoms with E-state index in [1.54, 1.807) is 25.3 Å². The van der Waals surface area contributed by atoms with Gasteiger partial charge in [-0.2, -0.15) is 0 Å². The molecule has 0 heterocycles. The van der Waals surface area contributed by atoms with Crippen LogP contribution in [0.3, 0.4) is 0 Å². The molecule has 0 saturated carbocycles. The van der Waals surface area contributed by atoms with Gasteiger partial charge in [-0.15, -0.1) is 13.2 Å². The Labute approximate surface area is 243 Å². The Balaban J connectivity index is 0.000000309. The van der Waals surface area contributed by atoms with E-state index in [0.29, 0.717) is 5.75 Å². The second kappa shape index (κ2) is 14.6. The van der Waals surface area contributed by atoms with Crippen molar-refractivity contribution in [2.75, 3.05) is 7.11 Å². The summed E-state index contributed by atoms with van der Waals surface area (Å²) in [4.78, 5) is 0. The van der Waals surface area contributed by atoms with Gasteiger partial charge in [0.1, 0.15) is 17.2 Å². The van der Waals surface area contributed by atoms with Gasteiger partial charge in [-0.3, -0.25) is 0 Å². The first-order valence-electron chi connectivity index (χ1n) is 13.5. The zero-order chi connectivity index (χ0) is 31.6. The molecule has 0 aliphatic rings. The summed E-state index contributed by atoms with van der Waals surface area (Å²) in [5, 5.41) is 0. The van der Waals surface area contributed by atoms with Crippen LogP contribution in [0.2, 0.25) is 0 Å². The van der Waals surface area contributed by atoms with Crippen LogP contribution >= 0.6 is 0 Å². The van der Waals surface area contributed by atoms with Crippen molar-refractivity contribution >= 4 is 0 Å². The van der Waals surface area contributed by atoms with Crippen LogP contribution in [0, 0.1) is 0 Å². The van der Waals surface area contributed by atoms with E-state index in [1.165, 1.54) is 24.6 Å². The summed E-state index contributed by atoms with van der Waals surface area (Å²) in [7, 11) is 1.70. The molecule has 0 aliphatic heterocycles. The van der Waals surface area contributed by atoms with Crippen LogP contribution in [-0.2, 0) is 16.2 Å². The zero-order valence-corrected chi connectivity index (χ0v) is 26.2. The fourth-order valence-electron chi connectivity index (χ4n) is 3.47. The predicted molar refractivity (Wildman–Crippen MR) is 160 cm³/mol. The largest absolute Gasteiger partial charge is 0.573 e. The Morgan fingerprint density at radius 2 is 0.902 bits per heavy atom. The van der Waals surface area contributed by atoms with E-state index in [0.717, 1.165) is 16.9 Å². The monoisotopic (exact) mass is 578 g/mol. The van der Waals surface area contributed by atoms with Gasteiger partial charge in [0.15, 0.2) is 0 Å². The van der Waals surface area contributed by atoms with E-state index >= 15 is 0 Å². The van der Waals surface area contributed by atoms with Crippen molar-refractivity contribution in [2.45, 2.75) is 98.2 Å². The normalized spacial score (nSPS) is 12.7. The van der Waals surface area contributed by atoms with Crippen molar-refractivity contribution in [1.29, 1.82) is 0 Å². The highest BCUT2D eigenvalue weighted by Crippen LogP contribution is 2.29. The molecule has 41 heavy (non-hydrogen) atoms. The van der Waals surface area contributed by atoms with E-state index in [9.17, 15) is 17.6 Å². The maximum Gasteiger partial charge on any atom is 0.573 e. The van der Waals surface area contributed by atoms with Crippen molar-refractivity contribution in [3.05, 3.63) is 89.5 Å². The molecule has 0 saturated heterocycles. The highest BCUT2D eigenvalue weighted by molar-refractivity contribution is 5.34. The molecule has 0 amide bonds. The molecule has 3 aromatic rings. The molecule has 0 bridgehead atoms. The summed E-state index contributed by atoms with van der Waals surface area (Å²) in [5.74, 6) is 1.35. The second-order valence-electron chi connectivity index (χ2n) is 12.7. The zero-order valence-electron chi connectivity index (χ0n) is 26.2. The summed E-state index contributed by atoms with van der Waals surface area (Å²) in [5.41, 5.74) is 3.35. The number of methoxy groups -OCH3 is 1. The van der Waals surface area contributed by atoms with E-state index in [4.69, 9.17) is 9.47 Å². The van der Waals surface area contributed by atoms with Crippen LogP contribution in [0.1, 0.15) is 85.9 Å². The Kier molecular flexibility index (Phi) is 12.8. The van der Waals surface area contributed by atoms with Crippen LogP contribution in [0.5, 0.6) is 17.2 Å². The molecular weight excluding hydrogens is 532 g/mol. The van der Waals surface area contributed by atoms with Crippen LogP contribution in [0.4, 0.5) is 17.6 Å². The lowest BCUT2D eigenvalue weighted by Crippen LogP contribution is -2.18. The molecular formula is C34H46F4O3.